The smallest absolute Gasteiger partial charge is 0.243 e. The third kappa shape index (κ3) is 8.40. The number of rotatable bonds is 10. The molecule has 0 radical (unpaired) electrons. The van der Waals surface area contributed by atoms with Crippen LogP contribution in [0.4, 0.5) is 0 Å². The van der Waals surface area contributed by atoms with Gasteiger partial charge in [-0.15, -0.1) is 11.8 Å². The van der Waals surface area contributed by atoms with Crippen LogP contribution in [0.1, 0.15) is 45.2 Å². The molecule has 32 heavy (non-hydrogen) atoms. The number of thioether (sulfide) groups is 1. The summed E-state index contributed by atoms with van der Waals surface area (Å²) in [7, 11) is 1.61. The van der Waals surface area contributed by atoms with Gasteiger partial charge < -0.3 is 15.0 Å². The summed E-state index contributed by atoms with van der Waals surface area (Å²) in [5.41, 5.74) is 1.60. The fourth-order valence-corrected chi connectivity index (χ4v) is 4.38. The maximum Gasteiger partial charge on any atom is 0.243 e. The van der Waals surface area contributed by atoms with Gasteiger partial charge >= 0.3 is 0 Å². The van der Waals surface area contributed by atoms with E-state index in [0.717, 1.165) is 16.9 Å². The standard InChI is InChI=1S/C25H33ClN2O3S/c1-6-22(24(30)27-25(2,3)4)28(15-18-9-8-12-21(14-18)31-5)23(29)17-32-16-19-10-7-11-20(26)13-19/h7-14,22H,6,15-17H2,1-5H3,(H,27,30)/t22-/m1/s1. The van der Waals surface area contributed by atoms with Crippen LogP contribution in [0.2, 0.25) is 5.02 Å². The van der Waals surface area contributed by atoms with Crippen molar-refractivity contribution < 1.29 is 14.3 Å². The van der Waals surface area contributed by atoms with Crippen LogP contribution in [0.3, 0.4) is 0 Å². The number of nitrogens with one attached hydrogen (secondary N) is 1. The molecule has 1 atom stereocenters. The highest BCUT2D eigenvalue weighted by Crippen LogP contribution is 2.21. The maximum absolute atomic E-state index is 13.3. The molecule has 0 unspecified atom stereocenters. The third-order valence-corrected chi connectivity index (χ3v) is 5.98. The molecule has 0 aliphatic heterocycles. The molecule has 2 amide bonds. The van der Waals surface area contributed by atoms with Crippen molar-refractivity contribution in [2.75, 3.05) is 12.9 Å². The van der Waals surface area contributed by atoms with Crippen LogP contribution < -0.4 is 10.1 Å². The topological polar surface area (TPSA) is 58.6 Å². The summed E-state index contributed by atoms with van der Waals surface area (Å²) in [5, 5.41) is 3.70. The molecule has 0 heterocycles. The molecule has 7 heteroatoms. The molecule has 0 spiro atoms. The lowest BCUT2D eigenvalue weighted by Crippen LogP contribution is -2.53. The monoisotopic (exact) mass is 476 g/mol. The number of methoxy groups -OCH3 is 1. The Morgan fingerprint density at radius 3 is 2.44 bits per heavy atom. The number of amides is 2. The second-order valence-corrected chi connectivity index (χ2v) is 10.1. The van der Waals surface area contributed by atoms with Gasteiger partial charge in [-0.2, -0.15) is 0 Å². The summed E-state index contributed by atoms with van der Waals surface area (Å²) in [5.74, 6) is 1.45. The van der Waals surface area contributed by atoms with Crippen molar-refractivity contribution in [1.29, 1.82) is 0 Å². The molecule has 5 nitrogen and oxygen atoms in total. The highest BCUT2D eigenvalue weighted by molar-refractivity contribution is 7.99. The summed E-state index contributed by atoms with van der Waals surface area (Å²) in [6.45, 7) is 8.08. The van der Waals surface area contributed by atoms with Crippen molar-refractivity contribution in [3.63, 3.8) is 0 Å². The first-order valence-electron chi connectivity index (χ1n) is 10.7. The third-order valence-electron chi connectivity index (χ3n) is 4.75. The van der Waals surface area contributed by atoms with Crippen LogP contribution in [0.15, 0.2) is 48.5 Å². The first kappa shape index (κ1) is 26.1. The Morgan fingerprint density at radius 1 is 1.12 bits per heavy atom. The average Bonchev–Trinajstić information content (AvgIpc) is 2.72. The Labute approximate surface area is 200 Å². The highest BCUT2D eigenvalue weighted by Gasteiger charge is 2.30. The van der Waals surface area contributed by atoms with Crippen LogP contribution in [-0.2, 0) is 21.9 Å². The fraction of sp³-hybridized carbons (Fsp3) is 0.440. The van der Waals surface area contributed by atoms with Crippen molar-refractivity contribution in [2.24, 2.45) is 0 Å². The number of hydrogen-bond acceptors (Lipinski definition) is 4. The van der Waals surface area contributed by atoms with Gasteiger partial charge in [-0.3, -0.25) is 9.59 Å². The molecule has 0 bridgehead atoms. The van der Waals surface area contributed by atoms with E-state index in [1.807, 2.05) is 76.2 Å². The number of nitrogens with zero attached hydrogens (tertiary/aromatic N) is 1. The molecule has 0 saturated carbocycles. The van der Waals surface area contributed by atoms with Gasteiger partial charge in [-0.1, -0.05) is 42.8 Å². The Balaban J connectivity index is 2.18. The molecular weight excluding hydrogens is 444 g/mol. The Kier molecular flexibility index (Phi) is 9.91. The molecule has 0 aliphatic rings. The number of benzene rings is 2. The fourth-order valence-electron chi connectivity index (χ4n) is 3.31. The van der Waals surface area contributed by atoms with E-state index < -0.39 is 6.04 Å². The molecule has 0 aromatic heterocycles. The number of halogens is 1. The van der Waals surface area contributed by atoms with Crippen molar-refractivity contribution in [1.82, 2.24) is 10.2 Å². The predicted molar refractivity (Wildman–Crippen MR) is 133 cm³/mol. The predicted octanol–water partition coefficient (Wildman–Crippen LogP) is 5.30. The lowest BCUT2D eigenvalue weighted by molar-refractivity contribution is -0.140. The Hall–Kier alpha value is -2.18. The molecule has 174 valence electrons. The molecule has 2 rings (SSSR count). The van der Waals surface area contributed by atoms with E-state index in [1.165, 1.54) is 11.8 Å². The average molecular weight is 477 g/mol. The van der Waals surface area contributed by atoms with E-state index in [0.29, 0.717) is 23.7 Å². The molecule has 2 aromatic carbocycles. The van der Waals surface area contributed by atoms with Crippen molar-refractivity contribution in [3.05, 3.63) is 64.7 Å². The van der Waals surface area contributed by atoms with Crippen LogP contribution in [0.5, 0.6) is 5.75 Å². The zero-order chi connectivity index (χ0) is 23.7. The maximum atomic E-state index is 13.3. The van der Waals surface area contributed by atoms with Gasteiger partial charge in [0.2, 0.25) is 11.8 Å². The van der Waals surface area contributed by atoms with Crippen LogP contribution >= 0.6 is 23.4 Å². The molecule has 0 fully saturated rings. The van der Waals surface area contributed by atoms with E-state index in [2.05, 4.69) is 5.32 Å². The number of hydrogen-bond donors (Lipinski definition) is 1. The van der Waals surface area contributed by atoms with Gasteiger partial charge in [-0.25, -0.2) is 0 Å². The van der Waals surface area contributed by atoms with Gasteiger partial charge in [0.25, 0.3) is 0 Å². The summed E-state index contributed by atoms with van der Waals surface area (Å²) in [4.78, 5) is 28.0. The quantitative estimate of drug-likeness (QED) is 0.505. The number of carbonyl (C=O) groups is 2. The molecule has 1 N–H and O–H groups in total. The zero-order valence-corrected chi connectivity index (χ0v) is 21.1. The summed E-state index contributed by atoms with van der Waals surface area (Å²) >= 11 is 7.58. The SMILES string of the molecule is CC[C@H](C(=O)NC(C)(C)C)N(Cc1cccc(OC)c1)C(=O)CSCc1cccc(Cl)c1. The molecule has 2 aromatic rings. The van der Waals surface area contributed by atoms with E-state index in [9.17, 15) is 9.59 Å². The molecular formula is C25H33ClN2O3S. The first-order valence-corrected chi connectivity index (χ1v) is 12.2. The van der Waals surface area contributed by atoms with Gasteiger partial charge in [0, 0.05) is 22.9 Å². The highest BCUT2D eigenvalue weighted by atomic mass is 35.5. The van der Waals surface area contributed by atoms with Crippen molar-refractivity contribution in [2.45, 2.75) is 58.0 Å². The van der Waals surface area contributed by atoms with Crippen molar-refractivity contribution >= 4 is 35.2 Å². The Bertz CT molecular complexity index is 914. The summed E-state index contributed by atoms with van der Waals surface area (Å²) in [6.07, 6.45) is 0.524. The normalized spacial score (nSPS) is 12.2. The minimum absolute atomic E-state index is 0.0734. The number of carbonyl (C=O) groups excluding carboxylic acids is 2. The lowest BCUT2D eigenvalue weighted by atomic mass is 10.1. The first-order chi connectivity index (χ1) is 15.1. The molecule has 0 aliphatic carbocycles. The van der Waals surface area contributed by atoms with Gasteiger partial charge in [0.05, 0.1) is 12.9 Å². The lowest BCUT2D eigenvalue weighted by Gasteiger charge is -2.33. The number of ether oxygens (including phenoxy) is 1. The summed E-state index contributed by atoms with van der Waals surface area (Å²) in [6, 6.07) is 14.7. The largest absolute Gasteiger partial charge is 0.497 e. The minimum atomic E-state index is -0.556. The second-order valence-electron chi connectivity index (χ2n) is 8.66. The van der Waals surface area contributed by atoms with Crippen molar-refractivity contribution in [3.8, 4) is 5.75 Å². The van der Waals surface area contributed by atoms with E-state index in [1.54, 1.807) is 12.0 Å². The van der Waals surface area contributed by atoms with Crippen LogP contribution in [0.25, 0.3) is 0 Å². The van der Waals surface area contributed by atoms with Gasteiger partial charge in [0.15, 0.2) is 0 Å². The zero-order valence-electron chi connectivity index (χ0n) is 19.5. The molecule has 0 saturated heterocycles. The van der Waals surface area contributed by atoms with Gasteiger partial charge in [0.1, 0.15) is 11.8 Å². The minimum Gasteiger partial charge on any atom is -0.497 e. The van der Waals surface area contributed by atoms with E-state index >= 15 is 0 Å². The van der Waals surface area contributed by atoms with E-state index in [-0.39, 0.29) is 23.1 Å². The van der Waals surface area contributed by atoms with Gasteiger partial charge in [-0.05, 0) is 62.6 Å². The second kappa shape index (κ2) is 12.2. The summed E-state index contributed by atoms with van der Waals surface area (Å²) < 4.78 is 5.32. The Morgan fingerprint density at radius 2 is 1.81 bits per heavy atom. The van der Waals surface area contributed by atoms with E-state index in [4.69, 9.17) is 16.3 Å². The van der Waals surface area contributed by atoms with Crippen LogP contribution in [0, 0.1) is 0 Å². The van der Waals surface area contributed by atoms with Crippen LogP contribution in [-0.4, -0.2) is 41.2 Å².